The van der Waals surface area contributed by atoms with E-state index in [0.717, 1.165) is 10.9 Å². The largest absolute Gasteiger partial charge is 0.462 e. The summed E-state index contributed by atoms with van der Waals surface area (Å²) in [6.07, 6.45) is -6.85. The van der Waals surface area contributed by atoms with Crippen molar-refractivity contribution in [1.29, 1.82) is 0 Å². The van der Waals surface area contributed by atoms with Crippen LogP contribution in [-0.2, 0) is 4.74 Å². The summed E-state index contributed by atoms with van der Waals surface area (Å²) in [6, 6.07) is 6.12. The Morgan fingerprint density at radius 2 is 1.88 bits per heavy atom. The fourth-order valence-corrected chi connectivity index (χ4v) is 2.68. The maximum absolute atomic E-state index is 11.5. The van der Waals surface area contributed by atoms with Gasteiger partial charge in [-0.3, -0.25) is 0 Å². The number of fused-ring (bicyclic) bond motifs is 1. The maximum Gasteiger partial charge on any atom is 0.336 e. The van der Waals surface area contributed by atoms with E-state index in [1.807, 2.05) is 0 Å². The Hall–Kier alpha value is -1.97. The molecule has 0 unspecified atom stereocenters. The van der Waals surface area contributed by atoms with Crippen molar-refractivity contribution < 1.29 is 34.3 Å². The highest BCUT2D eigenvalue weighted by Gasteiger charge is 2.44. The van der Waals surface area contributed by atoms with Gasteiger partial charge in [0.2, 0.25) is 6.29 Å². The van der Waals surface area contributed by atoms with Gasteiger partial charge in [0.15, 0.2) is 0 Å². The summed E-state index contributed by atoms with van der Waals surface area (Å²) in [4.78, 5) is 11.5. The van der Waals surface area contributed by atoms with Gasteiger partial charge in [-0.15, -0.1) is 0 Å². The molecule has 3 rings (SSSR count). The molecule has 4 N–H and O–H groups in total. The lowest BCUT2D eigenvalue weighted by molar-refractivity contribution is -0.277. The molecule has 2 heterocycles. The molecule has 1 aromatic heterocycles. The molecule has 1 aromatic carbocycles. The second-order valence-electron chi connectivity index (χ2n) is 5.72. The molecule has 1 aliphatic rings. The summed E-state index contributed by atoms with van der Waals surface area (Å²) in [6.45, 7) is 1.23. The fraction of sp³-hybridized carbons (Fsp3) is 0.438. The van der Waals surface area contributed by atoms with Crippen molar-refractivity contribution in [3.63, 3.8) is 0 Å². The average molecular weight is 338 g/mol. The Morgan fingerprint density at radius 3 is 2.58 bits per heavy atom. The van der Waals surface area contributed by atoms with Crippen molar-refractivity contribution in [3.8, 4) is 5.75 Å². The van der Waals surface area contributed by atoms with Crippen LogP contribution in [0.25, 0.3) is 11.0 Å². The zero-order valence-corrected chi connectivity index (χ0v) is 12.8. The number of ether oxygens (including phenoxy) is 2. The standard InChI is InChI=1S/C16H18O8/c1-7-4-12(18)23-10-5-8(2-3-9(7)10)22-16-15(21)14(20)13(19)11(6-17)24-16/h2-5,11,13-17,19-21H,6H2,1H3/t11-,13+,14+,15-,16+/m1/s1. The summed E-state index contributed by atoms with van der Waals surface area (Å²) >= 11 is 0. The minimum atomic E-state index is -1.53. The molecule has 0 bridgehead atoms. The van der Waals surface area contributed by atoms with Gasteiger partial charge in [0, 0.05) is 17.5 Å². The zero-order valence-electron chi connectivity index (χ0n) is 12.8. The van der Waals surface area contributed by atoms with E-state index in [1.165, 1.54) is 12.1 Å². The van der Waals surface area contributed by atoms with Gasteiger partial charge in [0.05, 0.1) is 6.61 Å². The van der Waals surface area contributed by atoms with Crippen LogP contribution in [0.3, 0.4) is 0 Å². The highest BCUT2D eigenvalue weighted by Crippen LogP contribution is 2.27. The Bertz CT molecular complexity index is 783. The van der Waals surface area contributed by atoms with Crippen molar-refractivity contribution >= 4 is 11.0 Å². The first kappa shape index (κ1) is 16.9. The second kappa shape index (κ2) is 6.50. The molecular formula is C16H18O8. The Balaban J connectivity index is 1.87. The molecule has 0 radical (unpaired) electrons. The Labute approximate surface area is 136 Å². The third kappa shape index (κ3) is 3.02. The summed E-state index contributed by atoms with van der Waals surface area (Å²) in [5, 5.41) is 39.4. The highest BCUT2D eigenvalue weighted by atomic mass is 16.7. The fourth-order valence-electron chi connectivity index (χ4n) is 2.68. The van der Waals surface area contributed by atoms with Crippen molar-refractivity contribution in [2.75, 3.05) is 6.61 Å². The molecule has 5 atom stereocenters. The minimum absolute atomic E-state index is 0.237. The molecular weight excluding hydrogens is 320 g/mol. The van der Waals surface area contributed by atoms with Gasteiger partial charge in [0.1, 0.15) is 35.7 Å². The van der Waals surface area contributed by atoms with E-state index in [0.29, 0.717) is 5.58 Å². The third-order valence-electron chi connectivity index (χ3n) is 4.02. The van der Waals surface area contributed by atoms with E-state index in [9.17, 15) is 20.1 Å². The first-order valence-electron chi connectivity index (χ1n) is 7.42. The Morgan fingerprint density at radius 1 is 1.12 bits per heavy atom. The van der Waals surface area contributed by atoms with Crippen LogP contribution in [-0.4, -0.2) is 57.7 Å². The molecule has 130 valence electrons. The van der Waals surface area contributed by atoms with Crippen LogP contribution >= 0.6 is 0 Å². The molecule has 1 saturated heterocycles. The van der Waals surface area contributed by atoms with Crippen LogP contribution in [0.15, 0.2) is 33.5 Å². The van der Waals surface area contributed by atoms with Gasteiger partial charge in [-0.2, -0.15) is 0 Å². The lowest BCUT2D eigenvalue weighted by atomic mass is 9.99. The first-order valence-corrected chi connectivity index (χ1v) is 7.42. The summed E-state index contributed by atoms with van der Waals surface area (Å²) < 4.78 is 15.9. The summed E-state index contributed by atoms with van der Waals surface area (Å²) in [7, 11) is 0. The quantitative estimate of drug-likeness (QED) is 0.540. The van der Waals surface area contributed by atoms with Crippen molar-refractivity contribution in [1.82, 2.24) is 0 Å². The molecule has 0 spiro atoms. The molecule has 2 aromatic rings. The number of aliphatic hydroxyl groups is 4. The van der Waals surface area contributed by atoms with Crippen LogP contribution in [0.1, 0.15) is 5.56 Å². The SMILES string of the molecule is Cc1cc(=O)oc2cc(O[C@H]3O[C@H](CO)[C@H](O)[C@H](O)[C@H]3O)ccc12. The Kier molecular flexibility index (Phi) is 4.57. The number of aryl methyl sites for hydroxylation is 1. The lowest BCUT2D eigenvalue weighted by Crippen LogP contribution is -2.60. The van der Waals surface area contributed by atoms with Crippen LogP contribution in [0.2, 0.25) is 0 Å². The van der Waals surface area contributed by atoms with E-state index in [1.54, 1.807) is 19.1 Å². The van der Waals surface area contributed by atoms with Gasteiger partial charge < -0.3 is 34.3 Å². The number of rotatable bonds is 3. The van der Waals surface area contributed by atoms with Crippen LogP contribution < -0.4 is 10.4 Å². The summed E-state index contributed by atoms with van der Waals surface area (Å²) in [5.74, 6) is 0.237. The first-order chi connectivity index (χ1) is 11.4. The predicted octanol–water partition coefficient (Wildman–Crippen LogP) is -0.720. The van der Waals surface area contributed by atoms with Gasteiger partial charge in [-0.1, -0.05) is 0 Å². The van der Waals surface area contributed by atoms with Gasteiger partial charge in [-0.05, 0) is 24.6 Å². The number of hydrogen-bond donors (Lipinski definition) is 4. The van der Waals surface area contributed by atoms with E-state index < -0.39 is 42.9 Å². The van der Waals surface area contributed by atoms with Crippen LogP contribution in [0, 0.1) is 6.92 Å². The van der Waals surface area contributed by atoms with Crippen LogP contribution in [0.4, 0.5) is 0 Å². The van der Waals surface area contributed by atoms with E-state index >= 15 is 0 Å². The number of benzene rings is 1. The molecule has 0 saturated carbocycles. The van der Waals surface area contributed by atoms with Crippen LogP contribution in [0.5, 0.6) is 5.75 Å². The predicted molar refractivity (Wildman–Crippen MR) is 81.6 cm³/mol. The normalized spacial score (nSPS) is 30.5. The molecule has 0 amide bonds. The molecule has 1 aliphatic heterocycles. The lowest BCUT2D eigenvalue weighted by Gasteiger charge is -2.39. The van der Waals surface area contributed by atoms with Gasteiger partial charge in [-0.25, -0.2) is 4.79 Å². The van der Waals surface area contributed by atoms with Crippen molar-refractivity contribution in [2.45, 2.75) is 37.6 Å². The number of aliphatic hydroxyl groups excluding tert-OH is 4. The van der Waals surface area contributed by atoms with Crippen molar-refractivity contribution in [3.05, 3.63) is 40.2 Å². The van der Waals surface area contributed by atoms with Gasteiger partial charge >= 0.3 is 5.63 Å². The molecule has 8 nitrogen and oxygen atoms in total. The third-order valence-corrected chi connectivity index (χ3v) is 4.02. The highest BCUT2D eigenvalue weighted by molar-refractivity contribution is 5.81. The smallest absolute Gasteiger partial charge is 0.336 e. The monoisotopic (exact) mass is 338 g/mol. The second-order valence-corrected chi connectivity index (χ2v) is 5.72. The minimum Gasteiger partial charge on any atom is -0.462 e. The number of hydrogen-bond acceptors (Lipinski definition) is 8. The topological polar surface area (TPSA) is 130 Å². The average Bonchev–Trinajstić information content (AvgIpc) is 2.55. The molecule has 1 fully saturated rings. The van der Waals surface area contributed by atoms with Gasteiger partial charge in [0.25, 0.3) is 0 Å². The van der Waals surface area contributed by atoms with Crippen molar-refractivity contribution in [2.24, 2.45) is 0 Å². The molecule has 0 aliphatic carbocycles. The van der Waals surface area contributed by atoms with E-state index in [-0.39, 0.29) is 5.75 Å². The van der Waals surface area contributed by atoms with E-state index in [4.69, 9.17) is 19.0 Å². The van der Waals surface area contributed by atoms with E-state index in [2.05, 4.69) is 0 Å². The molecule has 8 heteroatoms. The molecule has 24 heavy (non-hydrogen) atoms. The summed E-state index contributed by atoms with van der Waals surface area (Å²) in [5.41, 5.74) is 0.563. The zero-order chi connectivity index (χ0) is 17.4. The maximum atomic E-state index is 11.5.